The number of nitrogens with zero attached hydrogens (tertiary/aromatic N) is 3. The highest BCUT2D eigenvalue weighted by Crippen LogP contribution is 2.38. The van der Waals surface area contributed by atoms with E-state index in [1.54, 1.807) is 5.43 Å². The van der Waals surface area contributed by atoms with Gasteiger partial charge >= 0.3 is 6.18 Å². The summed E-state index contributed by atoms with van der Waals surface area (Å²) in [5, 5.41) is 14.9. The fraction of sp³-hybridized carbons (Fsp3) is 0.350. The van der Waals surface area contributed by atoms with E-state index in [4.69, 9.17) is 0 Å². The molecule has 1 N–H and O–H groups in total. The molecule has 0 aliphatic carbocycles. The molecule has 2 aromatic rings. The molecule has 0 atom stereocenters. The van der Waals surface area contributed by atoms with E-state index >= 15 is 0 Å². The van der Waals surface area contributed by atoms with E-state index in [2.05, 4.69) is 12.0 Å². The first-order valence-electron chi connectivity index (χ1n) is 9.67. The number of halogens is 7. The Labute approximate surface area is 182 Å². The zero-order valence-corrected chi connectivity index (χ0v) is 17.0. The SMILES string of the molecule is CC1CCN(c2ccc(/C=N/Nc3c(F)c(F)c(C(F)(F)F)c(F)c3F)cc2[N+](=O)[O-])CC1. The molecule has 0 unspecified atom stereocenters. The lowest BCUT2D eigenvalue weighted by atomic mass is 9.98. The van der Waals surface area contributed by atoms with Gasteiger partial charge in [0.2, 0.25) is 0 Å². The van der Waals surface area contributed by atoms with Gasteiger partial charge in [0, 0.05) is 24.7 Å². The van der Waals surface area contributed by atoms with Gasteiger partial charge in [0.05, 0.1) is 11.1 Å². The molecule has 2 aromatic carbocycles. The van der Waals surface area contributed by atoms with Crippen LogP contribution in [-0.2, 0) is 6.18 Å². The van der Waals surface area contributed by atoms with Gasteiger partial charge in [-0.05, 0) is 24.8 Å². The Kier molecular flexibility index (Phi) is 6.79. The number of nitrogens with one attached hydrogen (secondary N) is 1. The normalized spacial score (nSPS) is 15.3. The molecular formula is C20H17F7N4O2. The number of hydrogen-bond donors (Lipinski definition) is 1. The zero-order valence-electron chi connectivity index (χ0n) is 17.0. The third kappa shape index (κ3) is 5.01. The highest BCUT2D eigenvalue weighted by Gasteiger charge is 2.42. The van der Waals surface area contributed by atoms with Crippen LogP contribution in [-0.4, -0.2) is 24.2 Å². The Hall–Kier alpha value is -3.38. The van der Waals surface area contributed by atoms with Crippen LogP contribution in [0.4, 0.5) is 47.8 Å². The molecule has 0 spiro atoms. The summed E-state index contributed by atoms with van der Waals surface area (Å²) in [4.78, 5) is 12.7. The van der Waals surface area contributed by atoms with Gasteiger partial charge in [0.1, 0.15) is 16.9 Å². The fourth-order valence-corrected chi connectivity index (χ4v) is 3.43. The van der Waals surface area contributed by atoms with E-state index in [-0.39, 0.29) is 11.3 Å². The Morgan fingerprint density at radius 2 is 1.67 bits per heavy atom. The molecule has 13 heteroatoms. The summed E-state index contributed by atoms with van der Waals surface area (Å²) < 4.78 is 93.1. The van der Waals surface area contributed by atoms with Gasteiger partial charge in [-0.15, -0.1) is 0 Å². The lowest BCUT2D eigenvalue weighted by Gasteiger charge is -2.31. The minimum Gasteiger partial charge on any atom is -0.366 e. The average molecular weight is 478 g/mol. The number of alkyl halides is 3. The molecule has 1 aliphatic rings. The molecule has 0 radical (unpaired) electrons. The molecule has 0 amide bonds. The van der Waals surface area contributed by atoms with Gasteiger partial charge in [-0.3, -0.25) is 15.5 Å². The van der Waals surface area contributed by atoms with Crippen LogP contribution in [0.25, 0.3) is 0 Å². The number of nitro groups is 1. The van der Waals surface area contributed by atoms with Crippen LogP contribution in [0.3, 0.4) is 0 Å². The van der Waals surface area contributed by atoms with E-state index in [1.165, 1.54) is 12.1 Å². The summed E-state index contributed by atoms with van der Waals surface area (Å²) in [5.74, 6) is -9.40. The standard InChI is InChI=1S/C20H17F7N4O2/c1-10-4-6-30(7-5-10)12-3-2-11(8-13(12)31(32)33)9-28-29-19-17(23)15(21)14(20(25,26)27)16(22)18(19)24/h2-3,8-10,29H,4-7H2,1H3/b28-9+. The fourth-order valence-electron chi connectivity index (χ4n) is 3.43. The molecule has 0 saturated carbocycles. The van der Waals surface area contributed by atoms with Crippen molar-refractivity contribution < 1.29 is 35.7 Å². The van der Waals surface area contributed by atoms with Crippen LogP contribution in [0.1, 0.15) is 30.9 Å². The maximum absolute atomic E-state index is 13.9. The number of hydrazone groups is 1. The number of hydrogen-bond acceptors (Lipinski definition) is 5. The first-order chi connectivity index (χ1) is 15.4. The molecule has 1 aliphatic heterocycles. The number of benzene rings is 2. The summed E-state index contributed by atoms with van der Waals surface area (Å²) in [6.07, 6.45) is -3.07. The second-order valence-corrected chi connectivity index (χ2v) is 7.55. The maximum Gasteiger partial charge on any atom is 0.422 e. The van der Waals surface area contributed by atoms with E-state index in [0.29, 0.717) is 24.7 Å². The topological polar surface area (TPSA) is 70.8 Å². The van der Waals surface area contributed by atoms with Crippen molar-refractivity contribution in [3.63, 3.8) is 0 Å². The van der Waals surface area contributed by atoms with Crippen LogP contribution in [0.2, 0.25) is 0 Å². The molecule has 3 rings (SSSR count). The average Bonchev–Trinajstić information content (AvgIpc) is 2.74. The molecule has 0 aromatic heterocycles. The van der Waals surface area contributed by atoms with Gasteiger partial charge < -0.3 is 4.90 Å². The highest BCUT2D eigenvalue weighted by molar-refractivity contribution is 5.83. The summed E-state index contributed by atoms with van der Waals surface area (Å²) in [6.45, 7) is 3.33. The van der Waals surface area contributed by atoms with Crippen molar-refractivity contribution in [3.8, 4) is 0 Å². The second kappa shape index (κ2) is 9.24. The third-order valence-electron chi connectivity index (χ3n) is 5.26. The molecule has 6 nitrogen and oxygen atoms in total. The van der Waals surface area contributed by atoms with Crippen LogP contribution in [0.5, 0.6) is 0 Å². The second-order valence-electron chi connectivity index (χ2n) is 7.55. The quantitative estimate of drug-likeness (QED) is 0.192. The van der Waals surface area contributed by atoms with Crippen molar-refractivity contribution in [3.05, 3.63) is 62.7 Å². The third-order valence-corrected chi connectivity index (χ3v) is 5.26. The minimum absolute atomic E-state index is 0.0944. The van der Waals surface area contributed by atoms with Crippen molar-refractivity contribution in [2.75, 3.05) is 23.4 Å². The number of anilines is 2. The van der Waals surface area contributed by atoms with E-state index in [0.717, 1.165) is 25.1 Å². The molecule has 1 heterocycles. The predicted molar refractivity (Wildman–Crippen MR) is 106 cm³/mol. The van der Waals surface area contributed by atoms with Crippen molar-refractivity contribution in [2.45, 2.75) is 25.9 Å². The van der Waals surface area contributed by atoms with Crippen LogP contribution in [0, 0.1) is 39.3 Å². The van der Waals surface area contributed by atoms with Crippen LogP contribution < -0.4 is 10.3 Å². The summed E-state index contributed by atoms with van der Waals surface area (Å²) in [7, 11) is 0. The van der Waals surface area contributed by atoms with Crippen LogP contribution in [0.15, 0.2) is 23.3 Å². The number of nitro benzene ring substituents is 1. The number of rotatable bonds is 5. The molecular weight excluding hydrogens is 461 g/mol. The van der Waals surface area contributed by atoms with Gasteiger partial charge in [0.15, 0.2) is 23.3 Å². The van der Waals surface area contributed by atoms with Gasteiger partial charge in [-0.2, -0.15) is 18.3 Å². The van der Waals surface area contributed by atoms with E-state index in [9.17, 15) is 40.8 Å². The van der Waals surface area contributed by atoms with Crippen molar-refractivity contribution in [1.82, 2.24) is 0 Å². The Morgan fingerprint density at radius 1 is 1.09 bits per heavy atom. The van der Waals surface area contributed by atoms with Gasteiger partial charge in [-0.1, -0.05) is 13.0 Å². The summed E-state index contributed by atoms with van der Waals surface area (Å²) in [6, 6.07) is 4.03. The molecule has 33 heavy (non-hydrogen) atoms. The lowest BCUT2D eigenvalue weighted by Crippen LogP contribution is -2.33. The van der Waals surface area contributed by atoms with Crippen molar-refractivity contribution in [2.24, 2.45) is 11.0 Å². The molecule has 0 bridgehead atoms. The number of piperidine rings is 1. The van der Waals surface area contributed by atoms with Gasteiger partial charge in [0.25, 0.3) is 5.69 Å². The maximum atomic E-state index is 13.9. The summed E-state index contributed by atoms with van der Waals surface area (Å²) in [5.41, 5.74) is -2.45. The summed E-state index contributed by atoms with van der Waals surface area (Å²) >= 11 is 0. The molecule has 178 valence electrons. The smallest absolute Gasteiger partial charge is 0.366 e. The first kappa shape index (κ1) is 24.3. The van der Waals surface area contributed by atoms with Crippen molar-refractivity contribution >= 4 is 23.3 Å². The predicted octanol–water partition coefficient (Wildman–Crippen LogP) is 5.85. The molecule has 1 fully saturated rings. The highest BCUT2D eigenvalue weighted by atomic mass is 19.4. The minimum atomic E-state index is -5.66. The Bertz CT molecular complexity index is 1070. The lowest BCUT2D eigenvalue weighted by molar-refractivity contribution is -0.384. The van der Waals surface area contributed by atoms with E-state index in [1.807, 2.05) is 4.90 Å². The largest absolute Gasteiger partial charge is 0.422 e. The Morgan fingerprint density at radius 3 is 2.18 bits per heavy atom. The first-order valence-corrected chi connectivity index (χ1v) is 9.67. The zero-order chi connectivity index (χ0) is 24.5. The van der Waals surface area contributed by atoms with Gasteiger partial charge in [-0.25, -0.2) is 17.6 Å². The Balaban J connectivity index is 1.86. The molecule has 1 saturated heterocycles. The van der Waals surface area contributed by atoms with E-state index < -0.39 is 45.6 Å². The monoisotopic (exact) mass is 478 g/mol. The van der Waals surface area contributed by atoms with Crippen molar-refractivity contribution in [1.29, 1.82) is 0 Å². The van der Waals surface area contributed by atoms with Crippen LogP contribution >= 0.6 is 0 Å².